The fraction of sp³-hybridized carbons (Fsp3) is 0.548. The lowest BCUT2D eigenvalue weighted by molar-refractivity contribution is -0.106. The Labute approximate surface area is 234 Å². The molecule has 3 heterocycles. The van der Waals surface area contributed by atoms with Gasteiger partial charge in [-0.3, -0.25) is 9.80 Å². The Kier molecular flexibility index (Phi) is 9.67. The van der Waals surface area contributed by atoms with Gasteiger partial charge in [-0.15, -0.1) is 0 Å². The summed E-state index contributed by atoms with van der Waals surface area (Å²) in [6.45, 7) is 16.4. The van der Waals surface area contributed by atoms with Crippen LogP contribution < -0.4 is 4.90 Å². The molecule has 3 fully saturated rings. The number of rotatable bonds is 6. The molecule has 214 valence electrons. The highest BCUT2D eigenvalue weighted by molar-refractivity contribution is 5.87. The van der Waals surface area contributed by atoms with E-state index in [1.54, 1.807) is 0 Å². The first-order valence-corrected chi connectivity index (χ1v) is 14.0. The Bertz CT molecular complexity index is 1180. The number of nitrogens with zero attached hydrogens (tertiary/aromatic N) is 5. The summed E-state index contributed by atoms with van der Waals surface area (Å²) in [5.74, 6) is 0. The fourth-order valence-electron chi connectivity index (χ4n) is 6.60. The second-order valence-corrected chi connectivity index (χ2v) is 10.8. The molecule has 1 unspecified atom stereocenters. The number of likely N-dealkylation sites (N-methyl/N-ethyl adjacent to an activating group) is 2. The van der Waals surface area contributed by atoms with E-state index in [-0.39, 0.29) is 18.1 Å². The highest BCUT2D eigenvalue weighted by Crippen LogP contribution is 2.48. The number of carbonyl (C=O) groups is 2. The molecule has 1 atom stereocenters. The van der Waals surface area contributed by atoms with Gasteiger partial charge >= 0.3 is 6.03 Å². The van der Waals surface area contributed by atoms with Crippen LogP contribution in [0.2, 0.25) is 0 Å². The Morgan fingerprint density at radius 2 is 1.67 bits per heavy atom. The van der Waals surface area contributed by atoms with Gasteiger partial charge in [-0.2, -0.15) is 0 Å². The lowest BCUT2D eigenvalue weighted by Gasteiger charge is -2.47. The van der Waals surface area contributed by atoms with Gasteiger partial charge in [0.2, 0.25) is 0 Å². The minimum Gasteiger partial charge on any atom is -0.400 e. The molecule has 2 aromatic carbocycles. The van der Waals surface area contributed by atoms with Gasteiger partial charge in [0.1, 0.15) is 11.9 Å². The number of allylic oxidation sites excluding steroid dienone is 1. The van der Waals surface area contributed by atoms with Crippen molar-refractivity contribution in [3.8, 4) is 0 Å². The van der Waals surface area contributed by atoms with Gasteiger partial charge in [0, 0.05) is 45.2 Å². The number of carbonyl (C=O) groups excluding carboxylic acids is 2. The van der Waals surface area contributed by atoms with E-state index in [0.717, 1.165) is 62.6 Å². The molecule has 0 radical (unpaired) electrons. The third kappa shape index (κ3) is 5.50. The molecular weight excluding hydrogens is 490 g/mol. The van der Waals surface area contributed by atoms with Gasteiger partial charge in [0.15, 0.2) is 0 Å². The molecule has 1 spiro atoms. The van der Waals surface area contributed by atoms with E-state index in [1.165, 1.54) is 10.9 Å². The molecule has 0 aromatic heterocycles. The molecule has 3 aliphatic rings. The maximum Gasteiger partial charge on any atom is 0.322 e. The van der Waals surface area contributed by atoms with E-state index in [2.05, 4.69) is 83.5 Å². The lowest BCUT2D eigenvalue weighted by atomic mass is 9.86. The largest absolute Gasteiger partial charge is 0.400 e. The highest BCUT2D eigenvalue weighted by Gasteiger charge is 2.65. The average molecular weight is 538 g/mol. The van der Waals surface area contributed by atoms with Gasteiger partial charge in [0.25, 0.3) is 0 Å². The van der Waals surface area contributed by atoms with Crippen molar-refractivity contribution in [3.05, 3.63) is 54.2 Å². The zero-order chi connectivity index (χ0) is 29.0. The molecule has 0 saturated carbocycles. The number of hydrogen-bond acceptors (Lipinski definition) is 6. The van der Waals surface area contributed by atoms with Gasteiger partial charge in [-0.05, 0) is 56.6 Å². The Morgan fingerprint density at radius 1 is 1.05 bits per heavy atom. The number of piperidine rings is 1. The average Bonchev–Trinajstić information content (AvgIpc) is 3.33. The maximum absolute atomic E-state index is 13.6. The zero-order valence-electron chi connectivity index (χ0n) is 24.9. The van der Waals surface area contributed by atoms with Gasteiger partial charge in [-0.25, -0.2) is 4.79 Å². The molecular formula is C31H47N5O3. The van der Waals surface area contributed by atoms with Crippen LogP contribution in [0, 0.1) is 6.92 Å². The van der Waals surface area contributed by atoms with Crippen LogP contribution >= 0.6 is 0 Å². The lowest BCUT2D eigenvalue weighted by Crippen LogP contribution is -2.63. The van der Waals surface area contributed by atoms with Gasteiger partial charge in [0.05, 0.1) is 25.2 Å². The van der Waals surface area contributed by atoms with Crippen molar-refractivity contribution >= 4 is 28.8 Å². The van der Waals surface area contributed by atoms with E-state index in [1.807, 2.05) is 25.8 Å². The van der Waals surface area contributed by atoms with E-state index in [0.29, 0.717) is 13.1 Å². The summed E-state index contributed by atoms with van der Waals surface area (Å²) in [4.78, 5) is 36.3. The van der Waals surface area contributed by atoms with Gasteiger partial charge < -0.3 is 24.6 Å². The number of fused-ring (bicyclic) bond motifs is 3. The summed E-state index contributed by atoms with van der Waals surface area (Å²) in [5, 5.41) is 9.35. The number of aliphatic hydroxyl groups excluding tert-OH is 1. The SMILES string of the molecule is C=C(C)N1CCC2(CC1)CN(C)C1(CN(CC=O)c3ccc4cc(C)ccc4c3)CN(C)C(=O)N21.CC.CO. The Hall–Kier alpha value is -3.10. The van der Waals surface area contributed by atoms with E-state index >= 15 is 0 Å². The normalized spacial score (nSPS) is 21.7. The number of benzene rings is 2. The van der Waals surface area contributed by atoms with E-state index in [9.17, 15) is 9.59 Å². The van der Waals surface area contributed by atoms with Crippen molar-refractivity contribution in [2.45, 2.75) is 51.7 Å². The second-order valence-electron chi connectivity index (χ2n) is 10.8. The predicted molar refractivity (Wildman–Crippen MR) is 160 cm³/mol. The van der Waals surface area contributed by atoms with Crippen molar-refractivity contribution in [3.63, 3.8) is 0 Å². The molecule has 8 heteroatoms. The first-order valence-electron chi connectivity index (χ1n) is 14.0. The van der Waals surface area contributed by atoms with Crippen LogP contribution in [0.4, 0.5) is 10.5 Å². The molecule has 2 aromatic rings. The van der Waals surface area contributed by atoms with Crippen molar-refractivity contribution in [1.29, 1.82) is 0 Å². The quantitative estimate of drug-likeness (QED) is 0.558. The maximum atomic E-state index is 13.6. The smallest absolute Gasteiger partial charge is 0.322 e. The molecule has 8 nitrogen and oxygen atoms in total. The van der Waals surface area contributed by atoms with Crippen LogP contribution in [-0.4, -0.2) is 109 Å². The summed E-state index contributed by atoms with van der Waals surface area (Å²) < 4.78 is 0. The van der Waals surface area contributed by atoms with Crippen molar-refractivity contribution in [1.82, 2.24) is 19.6 Å². The summed E-state index contributed by atoms with van der Waals surface area (Å²) in [6, 6.07) is 12.9. The fourth-order valence-corrected chi connectivity index (χ4v) is 6.60. The molecule has 3 aliphatic heterocycles. The molecule has 3 saturated heterocycles. The minimum absolute atomic E-state index is 0.0955. The number of hydrogen-bond donors (Lipinski definition) is 1. The molecule has 0 aliphatic carbocycles. The van der Waals surface area contributed by atoms with Crippen LogP contribution in [0.25, 0.3) is 10.8 Å². The summed E-state index contributed by atoms with van der Waals surface area (Å²) >= 11 is 0. The van der Waals surface area contributed by atoms with Crippen LogP contribution in [0.1, 0.15) is 39.2 Å². The van der Waals surface area contributed by atoms with Crippen LogP contribution in [0.5, 0.6) is 0 Å². The van der Waals surface area contributed by atoms with Crippen LogP contribution in [0.15, 0.2) is 48.7 Å². The molecule has 5 rings (SSSR count). The van der Waals surface area contributed by atoms with Crippen molar-refractivity contribution in [2.75, 3.05) is 65.4 Å². The topological polar surface area (TPSA) is 70.6 Å². The monoisotopic (exact) mass is 537 g/mol. The molecule has 0 bridgehead atoms. The molecule has 39 heavy (non-hydrogen) atoms. The number of aldehydes is 1. The number of likely N-dealkylation sites (tertiary alicyclic amines) is 1. The number of aliphatic hydroxyl groups is 1. The van der Waals surface area contributed by atoms with Crippen molar-refractivity contribution in [2.24, 2.45) is 0 Å². The standard InChI is InChI=1S/C28H37N5O2.C2H6.CH4O/c1-21(2)31-12-10-27(11-13-31)18-30(5)28(19-29(4)26(35)33(27)28)20-32(14-15-34)25-9-8-23-16-22(3)6-7-24(23)17-25;2*1-2/h6-9,15-17H,1,10-14,18-20H2,2-5H3;1-2H3;2H,1H3. The minimum atomic E-state index is -0.484. The Balaban J connectivity index is 0.00000100. The Morgan fingerprint density at radius 3 is 2.28 bits per heavy atom. The third-order valence-corrected chi connectivity index (χ3v) is 8.46. The van der Waals surface area contributed by atoms with Crippen molar-refractivity contribution < 1.29 is 14.7 Å². The summed E-state index contributed by atoms with van der Waals surface area (Å²) in [6.07, 6.45) is 2.82. The first-order chi connectivity index (χ1) is 18.7. The first kappa shape index (κ1) is 30.4. The summed E-state index contributed by atoms with van der Waals surface area (Å²) in [7, 11) is 5.04. The molecule has 2 amide bonds. The van der Waals surface area contributed by atoms with Crippen LogP contribution in [0.3, 0.4) is 0 Å². The zero-order valence-corrected chi connectivity index (χ0v) is 24.9. The number of urea groups is 1. The van der Waals surface area contributed by atoms with Crippen LogP contribution in [-0.2, 0) is 4.79 Å². The van der Waals surface area contributed by atoms with E-state index < -0.39 is 5.66 Å². The van der Waals surface area contributed by atoms with Gasteiger partial charge in [-0.1, -0.05) is 50.3 Å². The third-order valence-electron chi connectivity index (χ3n) is 8.46. The number of anilines is 1. The van der Waals surface area contributed by atoms with E-state index in [4.69, 9.17) is 5.11 Å². The number of amides is 2. The number of aryl methyl sites for hydroxylation is 1. The highest BCUT2D eigenvalue weighted by atomic mass is 16.2. The predicted octanol–water partition coefficient (Wildman–Crippen LogP) is 4.17. The summed E-state index contributed by atoms with van der Waals surface area (Å²) in [5.41, 5.74) is 2.65. The molecule has 1 N–H and O–H groups in total. The second kappa shape index (κ2) is 12.4.